The fourth-order valence-electron chi connectivity index (χ4n) is 1.66. The van der Waals surface area contributed by atoms with Crippen LogP contribution in [0.2, 0.25) is 0 Å². The number of halogens is 3. The van der Waals surface area contributed by atoms with E-state index in [4.69, 9.17) is 4.74 Å². The van der Waals surface area contributed by atoms with Gasteiger partial charge in [0.25, 0.3) is 6.43 Å². The average Bonchev–Trinajstić information content (AvgIpc) is 2.49. The van der Waals surface area contributed by atoms with Crippen LogP contribution in [-0.4, -0.2) is 15.5 Å². The third-order valence-electron chi connectivity index (χ3n) is 2.84. The fourth-order valence-corrected chi connectivity index (χ4v) is 3.02. The number of nitrogens with one attached hydrogen (secondary N) is 1. The molecule has 2 aromatic rings. The summed E-state index contributed by atoms with van der Waals surface area (Å²) >= 11 is 3.23. The molecular formula is C14H12BrF2NO3S. The maximum Gasteiger partial charge on any atom is 0.263 e. The summed E-state index contributed by atoms with van der Waals surface area (Å²) in [5.74, 6) is 0.745. The number of hydrogen-bond donors (Lipinski definition) is 1. The van der Waals surface area contributed by atoms with Gasteiger partial charge in [-0.25, -0.2) is 21.9 Å². The number of sulfonamides is 1. The summed E-state index contributed by atoms with van der Waals surface area (Å²) < 4.78 is 56.5. The molecule has 0 aliphatic heterocycles. The molecule has 0 fully saturated rings. The second kappa shape index (κ2) is 6.72. The third-order valence-corrected chi connectivity index (χ3v) is 4.87. The molecule has 0 spiro atoms. The van der Waals surface area contributed by atoms with Gasteiger partial charge in [-0.2, -0.15) is 0 Å². The van der Waals surface area contributed by atoms with Gasteiger partial charge in [-0.05, 0) is 65.4 Å². The Morgan fingerprint density at radius 1 is 1.14 bits per heavy atom. The minimum absolute atomic E-state index is 0.0854. The van der Waals surface area contributed by atoms with Gasteiger partial charge in [0.05, 0.1) is 9.37 Å². The van der Waals surface area contributed by atoms with Crippen LogP contribution in [0, 0.1) is 0 Å². The summed E-state index contributed by atoms with van der Waals surface area (Å²) in [4.78, 5) is 0.0854. The van der Waals surface area contributed by atoms with Crippen molar-refractivity contribution in [1.29, 1.82) is 0 Å². The molecular weight excluding hydrogens is 380 g/mol. The van der Waals surface area contributed by atoms with E-state index in [0.29, 0.717) is 16.0 Å². The fraction of sp³-hybridized carbons (Fsp3) is 0.143. The molecule has 0 heterocycles. The van der Waals surface area contributed by atoms with Crippen molar-refractivity contribution < 1.29 is 21.9 Å². The minimum atomic E-state index is -3.54. The Bertz CT molecular complexity index is 764. The van der Waals surface area contributed by atoms with E-state index in [-0.39, 0.29) is 10.5 Å². The van der Waals surface area contributed by atoms with Crippen molar-refractivity contribution in [3.8, 4) is 11.5 Å². The Hall–Kier alpha value is -1.51. The summed E-state index contributed by atoms with van der Waals surface area (Å²) in [6, 6.07) is 9.66. The molecule has 0 bridgehead atoms. The van der Waals surface area contributed by atoms with Gasteiger partial charge in [-0.1, -0.05) is 0 Å². The number of alkyl halides is 2. The van der Waals surface area contributed by atoms with Crippen molar-refractivity contribution in [3.05, 3.63) is 52.5 Å². The van der Waals surface area contributed by atoms with Crippen molar-refractivity contribution in [2.75, 3.05) is 7.05 Å². The van der Waals surface area contributed by atoms with Crippen LogP contribution in [-0.2, 0) is 10.0 Å². The van der Waals surface area contributed by atoms with Crippen molar-refractivity contribution in [2.45, 2.75) is 11.3 Å². The van der Waals surface area contributed by atoms with E-state index in [0.717, 1.165) is 0 Å². The molecule has 2 aromatic carbocycles. The molecule has 0 aliphatic rings. The molecule has 0 atom stereocenters. The predicted octanol–water partition coefficient (Wildman–Crippen LogP) is 4.09. The van der Waals surface area contributed by atoms with Crippen LogP contribution in [0.1, 0.15) is 12.0 Å². The molecule has 1 N–H and O–H groups in total. The van der Waals surface area contributed by atoms with E-state index >= 15 is 0 Å². The highest BCUT2D eigenvalue weighted by atomic mass is 79.9. The smallest absolute Gasteiger partial charge is 0.263 e. The standard InChI is InChI=1S/C14H12BrF2NO3S/c1-18-22(19,20)11-6-7-13(12(15)8-11)21-10-4-2-9(3-5-10)14(16)17/h2-8,14,18H,1H3. The molecule has 0 aromatic heterocycles. The van der Waals surface area contributed by atoms with Crippen LogP contribution in [0.4, 0.5) is 8.78 Å². The lowest BCUT2D eigenvalue weighted by molar-refractivity contribution is 0.151. The molecule has 0 unspecified atom stereocenters. The lowest BCUT2D eigenvalue weighted by atomic mass is 10.2. The van der Waals surface area contributed by atoms with Crippen LogP contribution in [0.5, 0.6) is 11.5 Å². The highest BCUT2D eigenvalue weighted by Crippen LogP contribution is 2.32. The predicted molar refractivity (Wildman–Crippen MR) is 81.9 cm³/mol. The highest BCUT2D eigenvalue weighted by molar-refractivity contribution is 9.10. The summed E-state index contributed by atoms with van der Waals surface area (Å²) in [5, 5.41) is 0. The van der Waals surface area contributed by atoms with E-state index in [9.17, 15) is 17.2 Å². The van der Waals surface area contributed by atoms with Gasteiger partial charge in [-0.3, -0.25) is 0 Å². The zero-order valence-electron chi connectivity index (χ0n) is 11.4. The molecule has 0 aliphatic carbocycles. The number of ether oxygens (including phenoxy) is 1. The first kappa shape index (κ1) is 16.9. The third kappa shape index (κ3) is 3.82. The quantitative estimate of drug-likeness (QED) is 0.834. The molecule has 0 amide bonds. The summed E-state index contributed by atoms with van der Waals surface area (Å²) in [7, 11) is -2.23. The number of benzene rings is 2. The molecule has 0 saturated carbocycles. The molecule has 2 rings (SSSR count). The van der Waals surface area contributed by atoms with Gasteiger partial charge < -0.3 is 4.74 Å². The van der Waals surface area contributed by atoms with Crippen LogP contribution in [0.15, 0.2) is 51.8 Å². The van der Waals surface area contributed by atoms with Crippen LogP contribution in [0.3, 0.4) is 0 Å². The summed E-state index contributed by atoms with van der Waals surface area (Å²) in [6.07, 6.45) is -2.54. The first-order chi connectivity index (χ1) is 10.3. The number of hydrogen-bond acceptors (Lipinski definition) is 3. The lowest BCUT2D eigenvalue weighted by Gasteiger charge is -2.10. The maximum atomic E-state index is 12.5. The first-order valence-corrected chi connectivity index (χ1v) is 8.40. The van der Waals surface area contributed by atoms with Gasteiger partial charge in [0.2, 0.25) is 10.0 Å². The Balaban J connectivity index is 2.23. The van der Waals surface area contributed by atoms with Gasteiger partial charge in [0.15, 0.2) is 0 Å². The molecule has 0 radical (unpaired) electrons. The van der Waals surface area contributed by atoms with Crippen molar-refractivity contribution in [2.24, 2.45) is 0 Å². The lowest BCUT2D eigenvalue weighted by Crippen LogP contribution is -2.18. The highest BCUT2D eigenvalue weighted by Gasteiger charge is 2.14. The Kier molecular flexibility index (Phi) is 5.15. The minimum Gasteiger partial charge on any atom is -0.456 e. The topological polar surface area (TPSA) is 55.4 Å². The zero-order valence-corrected chi connectivity index (χ0v) is 13.8. The van der Waals surface area contributed by atoms with Gasteiger partial charge >= 0.3 is 0 Å². The Morgan fingerprint density at radius 3 is 2.27 bits per heavy atom. The van der Waals surface area contributed by atoms with Crippen molar-refractivity contribution >= 4 is 26.0 Å². The van der Waals surface area contributed by atoms with E-state index < -0.39 is 16.4 Å². The van der Waals surface area contributed by atoms with Crippen molar-refractivity contribution in [3.63, 3.8) is 0 Å². The maximum absolute atomic E-state index is 12.5. The molecule has 118 valence electrons. The largest absolute Gasteiger partial charge is 0.456 e. The average molecular weight is 392 g/mol. The van der Waals surface area contributed by atoms with Crippen molar-refractivity contribution in [1.82, 2.24) is 4.72 Å². The van der Waals surface area contributed by atoms with E-state index in [2.05, 4.69) is 20.7 Å². The normalized spacial score (nSPS) is 11.7. The van der Waals surface area contributed by atoms with E-state index in [1.165, 1.54) is 49.5 Å². The van der Waals surface area contributed by atoms with Gasteiger partial charge in [0, 0.05) is 5.56 Å². The van der Waals surface area contributed by atoms with Gasteiger partial charge in [0.1, 0.15) is 11.5 Å². The molecule has 4 nitrogen and oxygen atoms in total. The zero-order chi connectivity index (χ0) is 16.3. The first-order valence-electron chi connectivity index (χ1n) is 6.12. The molecule has 8 heteroatoms. The Labute approximate surface area is 135 Å². The summed E-state index contributed by atoms with van der Waals surface area (Å²) in [6.45, 7) is 0. The second-order valence-corrected chi connectivity index (χ2v) is 7.01. The van der Waals surface area contributed by atoms with Crippen LogP contribution < -0.4 is 9.46 Å². The van der Waals surface area contributed by atoms with Crippen LogP contribution >= 0.6 is 15.9 Å². The monoisotopic (exact) mass is 391 g/mol. The van der Waals surface area contributed by atoms with Crippen LogP contribution in [0.25, 0.3) is 0 Å². The second-order valence-electron chi connectivity index (χ2n) is 4.27. The van der Waals surface area contributed by atoms with E-state index in [1.54, 1.807) is 0 Å². The van der Waals surface area contributed by atoms with E-state index in [1.807, 2.05) is 0 Å². The van der Waals surface area contributed by atoms with Gasteiger partial charge in [-0.15, -0.1) is 0 Å². The summed E-state index contributed by atoms with van der Waals surface area (Å²) in [5.41, 5.74) is -0.0955. The number of rotatable bonds is 5. The Morgan fingerprint density at radius 2 is 1.77 bits per heavy atom. The SMILES string of the molecule is CNS(=O)(=O)c1ccc(Oc2ccc(C(F)F)cc2)c(Br)c1. The molecule has 0 saturated heterocycles. The molecule has 22 heavy (non-hydrogen) atoms.